The van der Waals surface area contributed by atoms with Crippen LogP contribution in [0.25, 0.3) is 89.4 Å². The molecule has 47 heavy (non-hydrogen) atoms. The first-order valence-corrected chi connectivity index (χ1v) is 15.9. The van der Waals surface area contributed by atoms with E-state index in [1.54, 1.807) is 0 Å². The van der Waals surface area contributed by atoms with E-state index >= 15 is 0 Å². The normalized spacial score (nSPS) is 11.9. The fourth-order valence-electron chi connectivity index (χ4n) is 7.32. The van der Waals surface area contributed by atoms with Crippen molar-refractivity contribution in [1.82, 2.24) is 19.1 Å². The van der Waals surface area contributed by atoms with Crippen molar-refractivity contribution in [3.05, 3.63) is 157 Å². The summed E-state index contributed by atoms with van der Waals surface area (Å²) in [6.07, 6.45) is 5.95. The van der Waals surface area contributed by atoms with Crippen molar-refractivity contribution in [3.63, 3.8) is 0 Å². The van der Waals surface area contributed by atoms with Crippen LogP contribution in [0.5, 0.6) is 0 Å². The predicted octanol–water partition coefficient (Wildman–Crippen LogP) is 11.2. The topological polar surface area (TPSA) is 35.6 Å². The van der Waals surface area contributed by atoms with E-state index < -0.39 is 0 Å². The Bertz CT molecular complexity index is 2690. The SMILES string of the molecule is C=Cc1nc(-n2c3ccccc3c3c4c5ccccc5n(-c5ccccc5)c4c4ccccc4c32)nc(-c2ccccc2)c1/C=C\C. The third kappa shape index (κ3) is 3.95. The van der Waals surface area contributed by atoms with Crippen LogP contribution < -0.4 is 0 Å². The highest BCUT2D eigenvalue weighted by Crippen LogP contribution is 2.46. The summed E-state index contributed by atoms with van der Waals surface area (Å²) in [5, 5.41) is 7.13. The third-order valence-electron chi connectivity index (χ3n) is 9.19. The van der Waals surface area contributed by atoms with Crippen LogP contribution in [-0.2, 0) is 0 Å². The van der Waals surface area contributed by atoms with Gasteiger partial charge in [0.15, 0.2) is 0 Å². The van der Waals surface area contributed by atoms with Gasteiger partial charge in [-0.1, -0.05) is 128 Å². The molecule has 9 rings (SSSR count). The molecule has 0 radical (unpaired) electrons. The Morgan fingerprint density at radius 3 is 1.66 bits per heavy atom. The van der Waals surface area contributed by atoms with Gasteiger partial charge in [-0.3, -0.25) is 4.57 Å². The Morgan fingerprint density at radius 1 is 0.553 bits per heavy atom. The molecule has 0 unspecified atom stereocenters. The molecule has 0 saturated carbocycles. The molecule has 0 fully saturated rings. The second-order valence-electron chi connectivity index (χ2n) is 11.8. The molecule has 0 spiro atoms. The van der Waals surface area contributed by atoms with Crippen molar-refractivity contribution in [3.8, 4) is 22.9 Å². The van der Waals surface area contributed by atoms with Gasteiger partial charge in [0.25, 0.3) is 0 Å². The Balaban J connectivity index is 1.53. The summed E-state index contributed by atoms with van der Waals surface area (Å²) in [5.41, 5.74) is 9.33. The summed E-state index contributed by atoms with van der Waals surface area (Å²) in [7, 11) is 0. The first-order valence-electron chi connectivity index (χ1n) is 15.9. The summed E-state index contributed by atoms with van der Waals surface area (Å²) >= 11 is 0. The lowest BCUT2D eigenvalue weighted by molar-refractivity contribution is 0.985. The third-order valence-corrected chi connectivity index (χ3v) is 9.19. The van der Waals surface area contributed by atoms with Crippen molar-refractivity contribution < 1.29 is 0 Å². The second-order valence-corrected chi connectivity index (χ2v) is 11.8. The lowest BCUT2D eigenvalue weighted by Crippen LogP contribution is -2.06. The van der Waals surface area contributed by atoms with E-state index in [4.69, 9.17) is 9.97 Å². The van der Waals surface area contributed by atoms with Crippen LogP contribution in [0.15, 0.2) is 146 Å². The number of nitrogens with zero attached hydrogens (tertiary/aromatic N) is 4. The van der Waals surface area contributed by atoms with Gasteiger partial charge in [0, 0.05) is 49.1 Å². The Morgan fingerprint density at radius 2 is 1.06 bits per heavy atom. The fourth-order valence-corrected chi connectivity index (χ4v) is 7.32. The zero-order chi connectivity index (χ0) is 31.5. The Kier molecular flexibility index (Phi) is 6.15. The van der Waals surface area contributed by atoms with Gasteiger partial charge in [-0.2, -0.15) is 0 Å². The van der Waals surface area contributed by atoms with E-state index in [0.717, 1.165) is 50.0 Å². The summed E-state index contributed by atoms with van der Waals surface area (Å²) in [5.74, 6) is 0.620. The second kappa shape index (κ2) is 10.7. The van der Waals surface area contributed by atoms with E-state index in [9.17, 15) is 0 Å². The van der Waals surface area contributed by atoms with Gasteiger partial charge in [0.05, 0.1) is 33.5 Å². The van der Waals surface area contributed by atoms with Crippen LogP contribution in [0.4, 0.5) is 0 Å². The molecule has 0 N–H and O–H groups in total. The molecule has 3 heterocycles. The predicted molar refractivity (Wildman–Crippen MR) is 198 cm³/mol. The van der Waals surface area contributed by atoms with Gasteiger partial charge >= 0.3 is 0 Å². The standard InChI is InChI=1S/C43H30N4/c1-3-17-32-35(4-2)44-43(45-40(32)28-18-7-5-8-19-28)47-37-27-16-14-25-34(37)39-38-33-24-13-15-26-36(33)46(29-20-9-6-10-21-29)41(38)30-22-11-12-23-31(30)42(39)47/h3-27H,2H2,1H3/b17-3-. The highest BCUT2D eigenvalue weighted by Gasteiger charge is 2.25. The molecule has 3 aromatic heterocycles. The number of benzene rings is 6. The quantitative estimate of drug-likeness (QED) is 0.196. The maximum atomic E-state index is 5.36. The Labute approximate surface area is 272 Å². The van der Waals surface area contributed by atoms with Crippen molar-refractivity contribution in [2.45, 2.75) is 6.92 Å². The average molecular weight is 603 g/mol. The smallest absolute Gasteiger partial charge is 0.235 e. The van der Waals surface area contributed by atoms with Crippen LogP contribution in [0.3, 0.4) is 0 Å². The molecule has 4 nitrogen and oxygen atoms in total. The van der Waals surface area contributed by atoms with Crippen LogP contribution in [0.1, 0.15) is 18.2 Å². The molecular formula is C43H30N4. The minimum absolute atomic E-state index is 0.620. The van der Waals surface area contributed by atoms with Gasteiger partial charge in [-0.15, -0.1) is 0 Å². The summed E-state index contributed by atoms with van der Waals surface area (Å²) in [4.78, 5) is 10.6. The number of para-hydroxylation sites is 3. The maximum absolute atomic E-state index is 5.36. The van der Waals surface area contributed by atoms with Gasteiger partial charge in [0.2, 0.25) is 5.95 Å². The molecule has 0 amide bonds. The molecule has 0 aliphatic heterocycles. The van der Waals surface area contributed by atoms with Crippen LogP contribution in [-0.4, -0.2) is 19.1 Å². The lowest BCUT2D eigenvalue weighted by Gasteiger charge is -2.15. The fraction of sp³-hybridized carbons (Fsp3) is 0.0233. The van der Waals surface area contributed by atoms with E-state index in [0.29, 0.717) is 5.95 Å². The van der Waals surface area contributed by atoms with E-state index in [1.165, 1.54) is 32.6 Å². The van der Waals surface area contributed by atoms with E-state index in [-0.39, 0.29) is 0 Å². The number of hydrogen-bond donors (Lipinski definition) is 0. The van der Waals surface area contributed by atoms with Crippen molar-refractivity contribution in [2.24, 2.45) is 0 Å². The molecule has 0 saturated heterocycles. The molecule has 0 atom stereocenters. The molecule has 0 aliphatic rings. The molecule has 4 heteroatoms. The minimum atomic E-state index is 0.620. The number of rotatable bonds is 5. The summed E-state index contributed by atoms with van der Waals surface area (Å²) in [6.45, 7) is 6.20. The first-order chi connectivity index (χ1) is 23.3. The summed E-state index contributed by atoms with van der Waals surface area (Å²) in [6, 6.07) is 47.2. The molecule has 222 valence electrons. The molecular weight excluding hydrogens is 573 g/mol. The van der Waals surface area contributed by atoms with Crippen LogP contribution in [0, 0.1) is 0 Å². The Hall–Kier alpha value is -6.26. The number of hydrogen-bond acceptors (Lipinski definition) is 2. The van der Waals surface area contributed by atoms with Crippen molar-refractivity contribution in [2.75, 3.05) is 0 Å². The van der Waals surface area contributed by atoms with Gasteiger partial charge in [0.1, 0.15) is 0 Å². The van der Waals surface area contributed by atoms with Crippen molar-refractivity contribution in [1.29, 1.82) is 0 Å². The molecule has 0 bridgehead atoms. The zero-order valence-corrected chi connectivity index (χ0v) is 25.9. The van der Waals surface area contributed by atoms with Crippen LogP contribution in [0.2, 0.25) is 0 Å². The molecule has 9 aromatic rings. The highest BCUT2D eigenvalue weighted by molar-refractivity contribution is 6.37. The lowest BCUT2D eigenvalue weighted by atomic mass is 9.99. The van der Waals surface area contributed by atoms with Gasteiger partial charge < -0.3 is 4.57 Å². The largest absolute Gasteiger partial charge is 0.309 e. The van der Waals surface area contributed by atoms with E-state index in [2.05, 4.69) is 149 Å². The molecule has 6 aromatic carbocycles. The van der Waals surface area contributed by atoms with E-state index in [1.807, 2.05) is 25.1 Å². The zero-order valence-electron chi connectivity index (χ0n) is 25.9. The highest BCUT2D eigenvalue weighted by atomic mass is 15.2. The van der Waals surface area contributed by atoms with Gasteiger partial charge in [-0.25, -0.2) is 9.97 Å². The van der Waals surface area contributed by atoms with Gasteiger partial charge in [-0.05, 0) is 37.3 Å². The number of fused-ring (bicyclic) bond motifs is 10. The van der Waals surface area contributed by atoms with Crippen LogP contribution >= 0.6 is 0 Å². The molecule has 0 aliphatic carbocycles. The first kappa shape index (κ1) is 27.1. The minimum Gasteiger partial charge on any atom is -0.309 e. The average Bonchev–Trinajstić information content (AvgIpc) is 3.66. The number of aromatic nitrogens is 4. The maximum Gasteiger partial charge on any atom is 0.235 e. The summed E-state index contributed by atoms with van der Waals surface area (Å²) < 4.78 is 4.68. The van der Waals surface area contributed by atoms with Crippen molar-refractivity contribution >= 4 is 66.5 Å². The monoisotopic (exact) mass is 602 g/mol. The number of allylic oxidation sites excluding steroid dienone is 1.